The predicted octanol–water partition coefficient (Wildman–Crippen LogP) is 2.77. The molecular formula is C23H31N3O3. The highest BCUT2D eigenvalue weighted by atomic mass is 16.5. The topological polar surface area (TPSA) is 46.9 Å². The van der Waals surface area contributed by atoms with E-state index >= 15 is 0 Å². The molecule has 2 saturated heterocycles. The molecule has 6 heteroatoms. The van der Waals surface area contributed by atoms with Gasteiger partial charge in [0.2, 0.25) is 0 Å². The number of amides is 1. The third kappa shape index (κ3) is 4.05. The molecule has 2 aliphatic rings. The zero-order valence-electron chi connectivity index (χ0n) is 17.7. The molecule has 2 aromatic rings. The molecule has 0 atom stereocenters. The van der Waals surface area contributed by atoms with Crippen molar-refractivity contribution in [2.24, 2.45) is 0 Å². The lowest BCUT2D eigenvalue weighted by Crippen LogP contribution is -2.41. The average molecular weight is 398 g/mol. The van der Waals surface area contributed by atoms with Gasteiger partial charge in [0, 0.05) is 44.0 Å². The highest BCUT2D eigenvalue weighted by Gasteiger charge is 2.30. The molecule has 1 aromatic carbocycles. The standard InChI is InChI=1S/C23H31N3O3/c1-17-4-6-20(7-5-17)16-26-19(3)21(24-8-12-28-13-9-24)18(2)22(26)23(27)25-10-14-29-15-11-25/h4-7H,8-16H2,1-3H3. The van der Waals surface area contributed by atoms with E-state index in [1.807, 2.05) is 4.90 Å². The largest absolute Gasteiger partial charge is 0.378 e. The monoisotopic (exact) mass is 397 g/mol. The van der Waals surface area contributed by atoms with Gasteiger partial charge in [0.1, 0.15) is 5.69 Å². The molecule has 0 bridgehead atoms. The van der Waals surface area contributed by atoms with Crippen molar-refractivity contribution >= 4 is 11.6 Å². The van der Waals surface area contributed by atoms with Crippen LogP contribution in [0.3, 0.4) is 0 Å². The molecule has 29 heavy (non-hydrogen) atoms. The van der Waals surface area contributed by atoms with Crippen molar-refractivity contribution in [3.63, 3.8) is 0 Å². The third-order valence-electron chi connectivity index (χ3n) is 6.02. The summed E-state index contributed by atoms with van der Waals surface area (Å²) < 4.78 is 13.2. The second kappa shape index (κ2) is 8.59. The van der Waals surface area contributed by atoms with Gasteiger partial charge in [0.15, 0.2) is 0 Å². The molecule has 0 saturated carbocycles. The molecule has 2 aliphatic heterocycles. The van der Waals surface area contributed by atoms with Gasteiger partial charge in [-0.1, -0.05) is 29.8 Å². The minimum atomic E-state index is 0.112. The zero-order chi connectivity index (χ0) is 20.4. The van der Waals surface area contributed by atoms with Gasteiger partial charge in [-0.05, 0) is 26.3 Å². The number of ether oxygens (including phenoxy) is 2. The third-order valence-corrected chi connectivity index (χ3v) is 6.02. The van der Waals surface area contributed by atoms with E-state index < -0.39 is 0 Å². The van der Waals surface area contributed by atoms with Crippen LogP contribution in [-0.2, 0) is 16.0 Å². The minimum Gasteiger partial charge on any atom is -0.378 e. The van der Waals surface area contributed by atoms with E-state index in [0.717, 1.165) is 43.3 Å². The van der Waals surface area contributed by atoms with E-state index in [2.05, 4.69) is 54.5 Å². The lowest BCUT2D eigenvalue weighted by Gasteiger charge is -2.30. The number of benzene rings is 1. The van der Waals surface area contributed by atoms with E-state index in [0.29, 0.717) is 32.8 Å². The lowest BCUT2D eigenvalue weighted by atomic mass is 10.1. The Morgan fingerprint density at radius 1 is 0.897 bits per heavy atom. The summed E-state index contributed by atoms with van der Waals surface area (Å²) in [5.74, 6) is 0.112. The Morgan fingerprint density at radius 2 is 1.48 bits per heavy atom. The van der Waals surface area contributed by atoms with Gasteiger partial charge >= 0.3 is 0 Å². The molecule has 0 spiro atoms. The second-order valence-corrected chi connectivity index (χ2v) is 7.98. The number of hydrogen-bond donors (Lipinski definition) is 0. The summed E-state index contributed by atoms with van der Waals surface area (Å²) >= 11 is 0. The van der Waals surface area contributed by atoms with Crippen LogP contribution in [0.15, 0.2) is 24.3 Å². The Kier molecular flexibility index (Phi) is 5.92. The van der Waals surface area contributed by atoms with Crippen molar-refractivity contribution < 1.29 is 14.3 Å². The van der Waals surface area contributed by atoms with Crippen LogP contribution in [0.5, 0.6) is 0 Å². The molecule has 156 valence electrons. The Labute approximate surface area is 173 Å². The summed E-state index contributed by atoms with van der Waals surface area (Å²) in [6.07, 6.45) is 0. The summed E-state index contributed by atoms with van der Waals surface area (Å²) in [5, 5.41) is 0. The maximum absolute atomic E-state index is 13.5. The Hall–Kier alpha value is -2.31. The van der Waals surface area contributed by atoms with Crippen molar-refractivity contribution in [2.45, 2.75) is 27.3 Å². The van der Waals surface area contributed by atoms with E-state index in [1.165, 1.54) is 16.8 Å². The van der Waals surface area contributed by atoms with Crippen LogP contribution in [0.4, 0.5) is 5.69 Å². The maximum atomic E-state index is 13.5. The molecule has 6 nitrogen and oxygen atoms in total. The van der Waals surface area contributed by atoms with Crippen LogP contribution in [0.1, 0.15) is 32.9 Å². The Bertz CT molecular complexity index is 860. The van der Waals surface area contributed by atoms with Crippen LogP contribution in [0.2, 0.25) is 0 Å². The number of carbonyl (C=O) groups is 1. The zero-order valence-corrected chi connectivity index (χ0v) is 17.7. The van der Waals surface area contributed by atoms with Gasteiger partial charge in [0.25, 0.3) is 5.91 Å². The highest BCUT2D eigenvalue weighted by molar-refractivity contribution is 5.96. The minimum absolute atomic E-state index is 0.112. The fraction of sp³-hybridized carbons (Fsp3) is 0.522. The van der Waals surface area contributed by atoms with E-state index in [1.54, 1.807) is 0 Å². The number of aromatic nitrogens is 1. The van der Waals surface area contributed by atoms with E-state index in [9.17, 15) is 4.79 Å². The summed E-state index contributed by atoms with van der Waals surface area (Å²) in [6.45, 7) is 12.7. The number of hydrogen-bond acceptors (Lipinski definition) is 4. The first-order chi connectivity index (χ1) is 14.1. The summed E-state index contributed by atoms with van der Waals surface area (Å²) in [6, 6.07) is 8.57. The molecule has 2 fully saturated rings. The average Bonchev–Trinajstić information content (AvgIpc) is 3.00. The van der Waals surface area contributed by atoms with Crippen molar-refractivity contribution in [3.8, 4) is 0 Å². The van der Waals surface area contributed by atoms with Crippen molar-refractivity contribution in [3.05, 3.63) is 52.3 Å². The first-order valence-electron chi connectivity index (χ1n) is 10.5. The number of rotatable bonds is 4. The molecular weight excluding hydrogens is 366 g/mol. The van der Waals surface area contributed by atoms with Crippen LogP contribution in [0.25, 0.3) is 0 Å². The molecule has 0 radical (unpaired) electrons. The smallest absolute Gasteiger partial charge is 0.271 e. The van der Waals surface area contributed by atoms with Crippen LogP contribution in [-0.4, -0.2) is 68.0 Å². The number of anilines is 1. The first kappa shape index (κ1) is 20.0. The Morgan fingerprint density at radius 3 is 2.10 bits per heavy atom. The molecule has 3 heterocycles. The molecule has 0 unspecified atom stereocenters. The van der Waals surface area contributed by atoms with Gasteiger partial charge in [0.05, 0.1) is 32.1 Å². The van der Waals surface area contributed by atoms with Gasteiger partial charge < -0.3 is 23.8 Å². The summed E-state index contributed by atoms with van der Waals surface area (Å²) in [7, 11) is 0. The number of nitrogens with zero attached hydrogens (tertiary/aromatic N) is 3. The quantitative estimate of drug-likeness (QED) is 0.796. The molecule has 1 aromatic heterocycles. The number of aryl methyl sites for hydroxylation is 1. The summed E-state index contributed by atoms with van der Waals surface area (Å²) in [5.41, 5.74) is 6.68. The van der Waals surface area contributed by atoms with Crippen molar-refractivity contribution in [2.75, 3.05) is 57.5 Å². The highest BCUT2D eigenvalue weighted by Crippen LogP contribution is 2.33. The predicted molar refractivity (Wildman–Crippen MR) is 114 cm³/mol. The number of morpholine rings is 2. The van der Waals surface area contributed by atoms with Crippen LogP contribution in [0, 0.1) is 20.8 Å². The van der Waals surface area contributed by atoms with Gasteiger partial charge in [-0.25, -0.2) is 0 Å². The fourth-order valence-electron chi connectivity index (χ4n) is 4.40. The van der Waals surface area contributed by atoms with E-state index in [4.69, 9.17) is 9.47 Å². The lowest BCUT2D eigenvalue weighted by molar-refractivity contribution is 0.0295. The van der Waals surface area contributed by atoms with Gasteiger partial charge in [-0.2, -0.15) is 0 Å². The van der Waals surface area contributed by atoms with Crippen LogP contribution < -0.4 is 4.90 Å². The number of carbonyl (C=O) groups excluding carboxylic acids is 1. The molecule has 4 rings (SSSR count). The van der Waals surface area contributed by atoms with Crippen LogP contribution >= 0.6 is 0 Å². The normalized spacial score (nSPS) is 17.6. The van der Waals surface area contributed by atoms with E-state index in [-0.39, 0.29) is 5.91 Å². The van der Waals surface area contributed by atoms with Gasteiger partial charge in [-0.15, -0.1) is 0 Å². The molecule has 1 amide bonds. The molecule has 0 N–H and O–H groups in total. The first-order valence-corrected chi connectivity index (χ1v) is 10.5. The summed E-state index contributed by atoms with van der Waals surface area (Å²) in [4.78, 5) is 17.8. The Balaban J connectivity index is 1.75. The second-order valence-electron chi connectivity index (χ2n) is 7.98. The van der Waals surface area contributed by atoms with Gasteiger partial charge in [-0.3, -0.25) is 4.79 Å². The fourth-order valence-corrected chi connectivity index (χ4v) is 4.40. The van der Waals surface area contributed by atoms with Crippen molar-refractivity contribution in [1.82, 2.24) is 9.47 Å². The van der Waals surface area contributed by atoms with Crippen molar-refractivity contribution in [1.29, 1.82) is 0 Å². The molecule has 0 aliphatic carbocycles. The SMILES string of the molecule is Cc1ccc(Cn2c(C)c(N3CCOCC3)c(C)c2C(=O)N2CCOCC2)cc1. The maximum Gasteiger partial charge on any atom is 0.271 e.